The second kappa shape index (κ2) is 7.05. The summed E-state index contributed by atoms with van der Waals surface area (Å²) in [6.45, 7) is 9.28. The number of rotatable bonds is 2. The van der Waals surface area contributed by atoms with Crippen molar-refractivity contribution in [1.29, 1.82) is 0 Å². The molecule has 0 N–H and O–H groups in total. The lowest BCUT2D eigenvalue weighted by atomic mass is 9.85. The van der Waals surface area contributed by atoms with Gasteiger partial charge in [0, 0.05) is 39.1 Å². The molecule has 0 aliphatic heterocycles. The lowest BCUT2D eigenvalue weighted by Crippen LogP contribution is -2.11. The van der Waals surface area contributed by atoms with Crippen molar-refractivity contribution in [3.63, 3.8) is 0 Å². The molecule has 35 heavy (non-hydrogen) atoms. The monoisotopic (exact) mass is 452 g/mol. The molecule has 5 aromatic carbocycles. The van der Waals surface area contributed by atoms with E-state index in [9.17, 15) is 0 Å². The van der Waals surface area contributed by atoms with Gasteiger partial charge in [-0.2, -0.15) is 0 Å². The predicted molar refractivity (Wildman–Crippen MR) is 150 cm³/mol. The molecule has 0 aliphatic carbocycles. The Balaban J connectivity index is 1.79. The Labute approximate surface area is 205 Å². The van der Waals surface area contributed by atoms with Crippen molar-refractivity contribution in [2.75, 3.05) is 0 Å². The van der Waals surface area contributed by atoms with Crippen LogP contribution >= 0.6 is 0 Å². The van der Waals surface area contributed by atoms with E-state index in [-0.39, 0.29) is 5.41 Å². The average molecular weight is 453 g/mol. The minimum atomic E-state index is 0.175. The molecule has 0 saturated heterocycles. The molecule has 2 nitrogen and oxygen atoms in total. The third-order valence-electron chi connectivity index (χ3n) is 7.42. The number of para-hydroxylation sites is 1. The molecule has 0 atom stereocenters. The third kappa shape index (κ3) is 2.93. The summed E-state index contributed by atoms with van der Waals surface area (Å²) in [7, 11) is 0. The van der Waals surface area contributed by atoms with Crippen LogP contribution in [0.15, 0.2) is 85.1 Å². The van der Waals surface area contributed by atoms with Crippen LogP contribution in [-0.4, -0.2) is 9.55 Å². The van der Waals surface area contributed by atoms with Gasteiger partial charge in [-0.1, -0.05) is 63.2 Å². The predicted octanol–water partition coefficient (Wildman–Crippen LogP) is 8.97. The minimum Gasteiger partial charge on any atom is -0.313 e. The Hall–Kier alpha value is -3.91. The van der Waals surface area contributed by atoms with Gasteiger partial charge in [0.25, 0.3) is 0 Å². The topological polar surface area (TPSA) is 17.8 Å². The SMILES string of the molecule is Cc1c2c3cc4ccccc4cc3c3nccc4cc(CC(C)(C)C)c(c2c43)n1-c1ccccc1. The molecule has 2 heterocycles. The number of aromatic nitrogens is 2. The quantitative estimate of drug-likeness (QED) is 0.189. The van der Waals surface area contributed by atoms with Gasteiger partial charge in [0.15, 0.2) is 0 Å². The minimum absolute atomic E-state index is 0.175. The number of pyridine rings is 1. The number of fused-ring (bicyclic) bond motifs is 4. The molecular weight excluding hydrogens is 424 g/mol. The summed E-state index contributed by atoms with van der Waals surface area (Å²) < 4.78 is 2.49. The van der Waals surface area contributed by atoms with Gasteiger partial charge in [0.1, 0.15) is 0 Å². The zero-order chi connectivity index (χ0) is 23.9. The Kier molecular flexibility index (Phi) is 4.12. The fourth-order valence-corrected chi connectivity index (χ4v) is 6.14. The molecular formula is C33H28N2. The molecule has 7 aromatic rings. The molecule has 170 valence electrons. The highest BCUT2D eigenvalue weighted by atomic mass is 15.0. The summed E-state index contributed by atoms with van der Waals surface area (Å²) in [6, 6.07) is 28.8. The molecule has 2 aromatic heterocycles. The lowest BCUT2D eigenvalue weighted by molar-refractivity contribution is 0.412. The number of aryl methyl sites for hydroxylation is 1. The summed E-state index contributed by atoms with van der Waals surface area (Å²) in [5, 5.41) is 10.3. The molecule has 7 rings (SSSR count). The summed E-state index contributed by atoms with van der Waals surface area (Å²) in [6.07, 6.45) is 2.99. The van der Waals surface area contributed by atoms with E-state index in [1.54, 1.807) is 0 Å². The van der Waals surface area contributed by atoms with Gasteiger partial charge in [-0.05, 0) is 82.3 Å². The highest BCUT2D eigenvalue weighted by Crippen LogP contribution is 2.46. The van der Waals surface area contributed by atoms with Crippen LogP contribution in [0.3, 0.4) is 0 Å². The van der Waals surface area contributed by atoms with Crippen molar-refractivity contribution in [1.82, 2.24) is 9.55 Å². The Morgan fingerprint density at radius 2 is 1.40 bits per heavy atom. The van der Waals surface area contributed by atoms with E-state index in [2.05, 4.69) is 111 Å². The fraction of sp³-hybridized carbons (Fsp3) is 0.182. The van der Waals surface area contributed by atoms with Crippen LogP contribution in [-0.2, 0) is 6.42 Å². The largest absolute Gasteiger partial charge is 0.313 e. The fourth-order valence-electron chi connectivity index (χ4n) is 6.14. The third-order valence-corrected chi connectivity index (χ3v) is 7.42. The summed E-state index contributed by atoms with van der Waals surface area (Å²) >= 11 is 0. The molecule has 0 bridgehead atoms. The van der Waals surface area contributed by atoms with Gasteiger partial charge >= 0.3 is 0 Å². The molecule has 0 amide bonds. The van der Waals surface area contributed by atoms with Crippen LogP contribution in [0.25, 0.3) is 59.8 Å². The van der Waals surface area contributed by atoms with Gasteiger partial charge < -0.3 is 4.57 Å². The smallest absolute Gasteiger partial charge is 0.0793 e. The van der Waals surface area contributed by atoms with Crippen molar-refractivity contribution < 1.29 is 0 Å². The first-order valence-electron chi connectivity index (χ1n) is 12.5. The maximum Gasteiger partial charge on any atom is 0.0793 e. The number of nitrogens with zero attached hydrogens (tertiary/aromatic N) is 2. The Morgan fingerprint density at radius 3 is 2.11 bits per heavy atom. The van der Waals surface area contributed by atoms with E-state index in [1.165, 1.54) is 65.6 Å². The molecule has 0 saturated carbocycles. The van der Waals surface area contributed by atoms with Crippen LogP contribution in [0.1, 0.15) is 32.0 Å². The van der Waals surface area contributed by atoms with Crippen molar-refractivity contribution in [3.8, 4) is 5.69 Å². The van der Waals surface area contributed by atoms with Crippen LogP contribution in [0.4, 0.5) is 0 Å². The molecule has 0 fully saturated rings. The number of benzene rings is 5. The van der Waals surface area contributed by atoms with Crippen LogP contribution in [0.5, 0.6) is 0 Å². The second-order valence-electron chi connectivity index (χ2n) is 11.1. The van der Waals surface area contributed by atoms with Crippen LogP contribution in [0, 0.1) is 12.3 Å². The first kappa shape index (κ1) is 20.5. The summed E-state index contributed by atoms with van der Waals surface area (Å²) in [5.41, 5.74) is 6.52. The van der Waals surface area contributed by atoms with E-state index >= 15 is 0 Å². The van der Waals surface area contributed by atoms with Gasteiger partial charge in [-0.25, -0.2) is 0 Å². The Morgan fingerprint density at radius 1 is 0.714 bits per heavy atom. The zero-order valence-corrected chi connectivity index (χ0v) is 20.7. The van der Waals surface area contributed by atoms with Crippen molar-refractivity contribution in [2.45, 2.75) is 34.1 Å². The Bertz CT molecular complexity index is 1900. The maximum absolute atomic E-state index is 4.97. The molecule has 2 heteroatoms. The van der Waals surface area contributed by atoms with Crippen LogP contribution < -0.4 is 0 Å². The first-order valence-corrected chi connectivity index (χ1v) is 12.5. The zero-order valence-electron chi connectivity index (χ0n) is 20.7. The number of hydrogen-bond acceptors (Lipinski definition) is 1. The van der Waals surface area contributed by atoms with E-state index in [0.717, 1.165) is 11.9 Å². The molecule has 0 radical (unpaired) electrons. The maximum atomic E-state index is 4.97. The van der Waals surface area contributed by atoms with E-state index < -0.39 is 0 Å². The van der Waals surface area contributed by atoms with Gasteiger partial charge in [-0.15, -0.1) is 0 Å². The van der Waals surface area contributed by atoms with E-state index in [1.807, 2.05) is 6.20 Å². The van der Waals surface area contributed by atoms with Crippen molar-refractivity contribution in [3.05, 3.63) is 96.3 Å². The molecule has 0 unspecified atom stereocenters. The van der Waals surface area contributed by atoms with Gasteiger partial charge in [0.05, 0.1) is 11.0 Å². The average Bonchev–Trinajstić information content (AvgIpc) is 3.16. The standard InChI is InChI=1S/C33H28N2/c1-20-28-26-17-21-10-8-9-11-22(21)18-27(26)31-29-23(14-15-34-31)16-24(19-33(2,3)4)32(30(28)29)35(20)25-12-6-5-7-13-25/h5-18H,19H2,1-4H3. The highest BCUT2D eigenvalue weighted by molar-refractivity contribution is 6.35. The summed E-state index contributed by atoms with van der Waals surface area (Å²) in [4.78, 5) is 4.97. The first-order chi connectivity index (χ1) is 16.9. The molecule has 0 spiro atoms. The van der Waals surface area contributed by atoms with Crippen molar-refractivity contribution >= 4 is 54.1 Å². The lowest BCUT2D eigenvalue weighted by Gasteiger charge is -2.21. The van der Waals surface area contributed by atoms with E-state index in [4.69, 9.17) is 4.98 Å². The van der Waals surface area contributed by atoms with Crippen molar-refractivity contribution in [2.24, 2.45) is 5.41 Å². The highest BCUT2D eigenvalue weighted by Gasteiger charge is 2.25. The summed E-state index contributed by atoms with van der Waals surface area (Å²) in [5.74, 6) is 0. The molecule has 0 aliphatic rings. The van der Waals surface area contributed by atoms with E-state index in [0.29, 0.717) is 0 Å². The second-order valence-corrected chi connectivity index (χ2v) is 11.1. The number of hydrogen-bond donors (Lipinski definition) is 0. The van der Waals surface area contributed by atoms with Gasteiger partial charge in [0.2, 0.25) is 0 Å². The van der Waals surface area contributed by atoms with Gasteiger partial charge in [-0.3, -0.25) is 4.98 Å². The van der Waals surface area contributed by atoms with Crippen LogP contribution in [0.2, 0.25) is 0 Å². The normalized spacial score (nSPS) is 12.7.